The quantitative estimate of drug-likeness (QED) is 0.239. The van der Waals surface area contributed by atoms with Gasteiger partial charge in [-0.2, -0.15) is 0 Å². The predicted octanol–water partition coefficient (Wildman–Crippen LogP) is 8.58. The molecular weight excluding hydrogens is 582 g/mol. The Balaban J connectivity index is 1.09. The molecule has 7 heteroatoms. The van der Waals surface area contributed by atoms with Crippen molar-refractivity contribution in [3.63, 3.8) is 0 Å². The Morgan fingerprint density at radius 1 is 0.756 bits per heavy atom. The molecule has 10 aliphatic heterocycles. The molecule has 8 unspecified atom stereocenters. The first-order chi connectivity index (χ1) is 19.5. The third-order valence-corrected chi connectivity index (χ3v) is 70.0. The van der Waals surface area contributed by atoms with Crippen LogP contribution in [0.3, 0.4) is 0 Å². The summed E-state index contributed by atoms with van der Waals surface area (Å²) in [5, 5.41) is 0.120. The molecule has 2 aromatic rings. The summed E-state index contributed by atoms with van der Waals surface area (Å²) >= 11 is 0. The van der Waals surface area contributed by atoms with Gasteiger partial charge in [0, 0.05) is 0 Å². The van der Waals surface area contributed by atoms with Crippen molar-refractivity contribution in [3.8, 4) is 0 Å². The van der Waals surface area contributed by atoms with E-state index in [-0.39, 0.29) is 5.16 Å². The molecule has 0 N–H and O–H groups in total. The summed E-state index contributed by atoms with van der Waals surface area (Å²) in [6.07, 6.45) is 17.5. The van der Waals surface area contributed by atoms with Crippen molar-refractivity contribution in [2.24, 2.45) is 23.2 Å². The van der Waals surface area contributed by atoms with Crippen LogP contribution in [0.1, 0.15) is 70.9 Å². The summed E-state index contributed by atoms with van der Waals surface area (Å²) in [4.78, 5) is 30.4. The molecule has 2 aromatic heterocycles. The van der Waals surface area contributed by atoms with E-state index in [1.807, 2.05) is 36.9 Å². The Kier molecular flexibility index (Phi) is 1.71. The predicted molar refractivity (Wildman–Crippen MR) is 162 cm³/mol. The molecule has 8 atom stereocenters. The van der Waals surface area contributed by atoms with Crippen molar-refractivity contribution in [1.29, 1.82) is 0 Å². The Bertz CT molecular complexity index is 1990. The normalized spacial score (nSPS) is 73.4. The first-order valence-electron chi connectivity index (χ1n) is 16.8. The molecule has 12 heterocycles. The summed E-state index contributed by atoms with van der Waals surface area (Å²) in [6, 6.07) is 4.04. The van der Waals surface area contributed by atoms with E-state index in [1.54, 1.807) is 38.5 Å². The Hall–Kier alpha value is -0.461. The van der Waals surface area contributed by atoms with E-state index in [0.29, 0.717) is 19.2 Å². The second-order valence-electron chi connectivity index (χ2n) is 20.9. The van der Waals surface area contributed by atoms with Crippen molar-refractivity contribution < 1.29 is 6.51 Å². The number of fused-ring (bicyclic) bond motifs is 10. The van der Waals surface area contributed by atoms with Gasteiger partial charge in [-0.25, -0.2) is 0 Å². The number of aromatic nitrogens is 4. The summed E-state index contributed by atoms with van der Waals surface area (Å²) in [7, 11) is 4.69. The van der Waals surface area contributed by atoms with Crippen LogP contribution in [0.25, 0.3) is 0 Å². The number of rotatable bonds is 6. The minimum absolute atomic E-state index is 0.289. The molecule has 216 valence electrons. The average Bonchev–Trinajstić information content (AvgIpc) is 3.89. The van der Waals surface area contributed by atoms with Gasteiger partial charge >= 0.3 is 238 Å². The van der Waals surface area contributed by atoms with Crippen LogP contribution in [0.15, 0.2) is 36.9 Å². The Morgan fingerprint density at radius 3 is 1.61 bits per heavy atom. The van der Waals surface area contributed by atoms with Gasteiger partial charge in [0.05, 0.1) is 0 Å². The van der Waals surface area contributed by atoms with Gasteiger partial charge < -0.3 is 0 Å². The molecule has 10 saturated heterocycles. The van der Waals surface area contributed by atoms with Crippen LogP contribution in [0, 0.1) is 23.2 Å². The van der Waals surface area contributed by atoms with Gasteiger partial charge in [-0.15, -0.1) is 0 Å². The fraction of sp³-hybridized carbons (Fsp3) is 0.765. The summed E-state index contributed by atoms with van der Waals surface area (Å²) in [5.41, 5.74) is 1.60. The van der Waals surface area contributed by atoms with E-state index in [0.717, 1.165) is 48.5 Å². The van der Waals surface area contributed by atoms with Crippen LogP contribution >= 0.6 is 17.8 Å². The van der Waals surface area contributed by atoms with Crippen LogP contribution < -0.4 is 0 Å². The SMILES string of the molecule is CC(C)(C)PC(C12CC3CC(CC(C3)C1)C2)[C]12[CH]3[CH]4[CH]5[C]1(C(P)(c1ncccn1)c1ncccn1)[Fe]43521678[CH]2[CH]1[CH]6[CH]7[CH]28. The van der Waals surface area contributed by atoms with Crippen molar-refractivity contribution in [2.45, 2.75) is 122 Å². The monoisotopic (exact) mass is 624 g/mol. The average molecular weight is 625 g/mol. The van der Waals surface area contributed by atoms with Gasteiger partial charge in [-0.3, -0.25) is 0 Å². The van der Waals surface area contributed by atoms with Gasteiger partial charge in [-0.05, 0) is 0 Å². The number of hydrogen-bond donors (Lipinski definition) is 0. The van der Waals surface area contributed by atoms with Gasteiger partial charge in [-0.1, -0.05) is 0 Å². The fourth-order valence-electron chi connectivity index (χ4n) is 25.8. The molecule has 0 amide bonds. The first kappa shape index (κ1) is 21.3. The van der Waals surface area contributed by atoms with Crippen molar-refractivity contribution in [1.82, 2.24) is 19.9 Å². The molecule has 4 aliphatic carbocycles. The molecule has 0 aromatic carbocycles. The van der Waals surface area contributed by atoms with Gasteiger partial charge in [0.2, 0.25) is 0 Å². The summed E-state index contributed by atoms with van der Waals surface area (Å²) in [6.45, 7) is 3.79. The van der Waals surface area contributed by atoms with E-state index in [2.05, 4.69) is 30.0 Å². The summed E-state index contributed by atoms with van der Waals surface area (Å²) in [5.74, 6) is 5.23. The second-order valence-corrected chi connectivity index (χ2v) is 47.4. The maximum atomic E-state index is 5.19. The van der Waals surface area contributed by atoms with Gasteiger partial charge in [0.25, 0.3) is 0 Å². The van der Waals surface area contributed by atoms with E-state index < -0.39 is 6.51 Å². The topological polar surface area (TPSA) is 51.6 Å². The van der Waals surface area contributed by atoms with Gasteiger partial charge in [0.15, 0.2) is 0 Å². The molecule has 4 bridgehead atoms. The zero-order valence-electron chi connectivity index (χ0n) is 24.4. The molecule has 1 spiro atoms. The standard InChI is InChI=1S/C29H37N4P2.C5H5.Fe/c1-27(2,3)35-24(28-16-19-13-20(17-28)15-21(14-19)18-28)22-7-4-8-23(22)29(34,25-30-9-5-10-31-25)26-32-11-6-12-33-26;1-2-4-5-3-1;/h4-12,19-21,24,35H,13-18,34H2,1-3H3;1-5H;. The fourth-order valence-corrected chi connectivity index (χ4v) is 111. The van der Waals surface area contributed by atoms with Crippen molar-refractivity contribution in [2.75, 3.05) is 0 Å². The van der Waals surface area contributed by atoms with Crippen LogP contribution in [0.2, 0.25) is 47.2 Å². The van der Waals surface area contributed by atoms with E-state index in [9.17, 15) is 0 Å². The number of nitrogens with zero attached hydrogens (tertiary/aromatic N) is 4. The van der Waals surface area contributed by atoms with Gasteiger partial charge in [0.1, 0.15) is 0 Å². The molecule has 4 saturated carbocycles. The Morgan fingerprint density at radius 2 is 1.22 bits per heavy atom. The molecular formula is C34H42FeN4P2. The van der Waals surface area contributed by atoms with Crippen LogP contribution in [-0.4, -0.2) is 30.8 Å². The zero-order chi connectivity index (χ0) is 26.9. The first-order valence-corrected chi connectivity index (χ1v) is 24.7. The molecule has 14 aliphatic rings. The van der Waals surface area contributed by atoms with E-state index >= 15 is 0 Å². The summed E-state index contributed by atoms with van der Waals surface area (Å²) < 4.78 is 1.14. The molecule has 41 heavy (non-hydrogen) atoms. The maximum absolute atomic E-state index is 5.19. The van der Waals surface area contributed by atoms with Crippen LogP contribution in [0.4, 0.5) is 0 Å². The Labute approximate surface area is 237 Å². The van der Waals surface area contributed by atoms with E-state index in [1.165, 1.54) is 33.7 Å². The number of hydrogen-bond acceptors (Lipinski definition) is 4. The minimum atomic E-state index is -4.06. The molecule has 16 rings (SSSR count). The van der Waals surface area contributed by atoms with Crippen molar-refractivity contribution in [3.05, 3.63) is 48.6 Å². The van der Waals surface area contributed by atoms with E-state index in [4.69, 9.17) is 19.9 Å². The van der Waals surface area contributed by atoms with Crippen LogP contribution in [0.5, 0.6) is 0 Å². The third kappa shape index (κ3) is 0.589. The van der Waals surface area contributed by atoms with Crippen molar-refractivity contribution >= 4 is 17.8 Å². The molecule has 14 fully saturated rings. The third-order valence-electron chi connectivity index (χ3n) is 23.1. The zero-order valence-corrected chi connectivity index (χ0v) is 27.6. The molecule has 4 nitrogen and oxygen atoms in total. The van der Waals surface area contributed by atoms with Crippen LogP contribution in [-0.2, 0) is 11.7 Å². The molecule has 0 radical (unpaired) electrons. The second kappa shape index (κ2) is 3.29.